The van der Waals surface area contributed by atoms with E-state index in [1.165, 1.54) is 0 Å². The number of nitrogens with one attached hydrogen (secondary N) is 1. The van der Waals surface area contributed by atoms with Crippen LogP contribution in [-0.4, -0.2) is 23.0 Å². The highest BCUT2D eigenvalue weighted by atomic mass is 16.4. The van der Waals surface area contributed by atoms with Crippen LogP contribution in [0.15, 0.2) is 0 Å². The smallest absolute Gasteiger partial charge is 0.306 e. The number of hydrogen-bond donors (Lipinski definition) is 2. The number of carbonyl (C=O) groups is 2. The molecule has 0 aromatic carbocycles. The maximum atomic E-state index is 11.7. The number of amides is 1. The average Bonchev–Trinajstić information content (AvgIpc) is 2.66. The zero-order valence-electron chi connectivity index (χ0n) is 9.27. The molecular formula is C11H16N2O3. The molecule has 1 saturated carbocycles. The van der Waals surface area contributed by atoms with Gasteiger partial charge in [-0.25, -0.2) is 0 Å². The van der Waals surface area contributed by atoms with Crippen LogP contribution in [0.4, 0.5) is 0 Å². The Kier molecular flexibility index (Phi) is 4.29. The van der Waals surface area contributed by atoms with Crippen molar-refractivity contribution < 1.29 is 14.7 Å². The summed E-state index contributed by atoms with van der Waals surface area (Å²) >= 11 is 0. The van der Waals surface area contributed by atoms with Crippen molar-refractivity contribution >= 4 is 11.9 Å². The van der Waals surface area contributed by atoms with E-state index in [4.69, 9.17) is 10.4 Å². The molecule has 5 heteroatoms. The van der Waals surface area contributed by atoms with E-state index in [-0.39, 0.29) is 30.2 Å². The Balaban J connectivity index is 2.40. The first-order valence-electron chi connectivity index (χ1n) is 5.44. The van der Waals surface area contributed by atoms with E-state index in [2.05, 4.69) is 5.32 Å². The summed E-state index contributed by atoms with van der Waals surface area (Å²) in [6, 6.07) is 1.82. The highest BCUT2D eigenvalue weighted by Crippen LogP contribution is 2.31. The number of nitriles is 1. The van der Waals surface area contributed by atoms with Crippen LogP contribution in [0.5, 0.6) is 0 Å². The Labute approximate surface area is 94.4 Å². The lowest BCUT2D eigenvalue weighted by atomic mass is 10.0. The van der Waals surface area contributed by atoms with Crippen molar-refractivity contribution in [3.05, 3.63) is 0 Å². The van der Waals surface area contributed by atoms with Gasteiger partial charge in [-0.3, -0.25) is 9.59 Å². The molecule has 2 N–H and O–H groups in total. The molecule has 0 aliphatic heterocycles. The van der Waals surface area contributed by atoms with Gasteiger partial charge in [0.25, 0.3) is 0 Å². The number of carboxylic acids is 1. The monoisotopic (exact) mass is 224 g/mol. The summed E-state index contributed by atoms with van der Waals surface area (Å²) in [6.07, 6.45) is 1.89. The van der Waals surface area contributed by atoms with Gasteiger partial charge in [-0.1, -0.05) is 0 Å². The fourth-order valence-electron chi connectivity index (χ4n) is 1.99. The standard InChI is InChI=1S/C11H16N2O3/c1-7(4-5-12)13-10(14)8-2-3-9(6-8)11(15)16/h7-9H,2-4,6H2,1H3,(H,13,14)(H,15,16). The van der Waals surface area contributed by atoms with Gasteiger partial charge >= 0.3 is 5.97 Å². The molecule has 0 spiro atoms. The zero-order valence-corrected chi connectivity index (χ0v) is 9.27. The van der Waals surface area contributed by atoms with Gasteiger partial charge in [0.15, 0.2) is 0 Å². The van der Waals surface area contributed by atoms with Gasteiger partial charge < -0.3 is 10.4 Å². The Morgan fingerprint density at radius 3 is 2.62 bits per heavy atom. The molecule has 0 bridgehead atoms. The van der Waals surface area contributed by atoms with Gasteiger partial charge in [-0.2, -0.15) is 5.26 Å². The first-order valence-corrected chi connectivity index (χ1v) is 5.44. The van der Waals surface area contributed by atoms with Gasteiger partial charge in [-0.05, 0) is 26.2 Å². The van der Waals surface area contributed by atoms with Crippen LogP contribution in [0, 0.1) is 23.2 Å². The zero-order chi connectivity index (χ0) is 12.1. The molecule has 0 aromatic heterocycles. The summed E-state index contributed by atoms with van der Waals surface area (Å²) in [5, 5.41) is 20.0. The molecule has 5 nitrogen and oxygen atoms in total. The highest BCUT2D eigenvalue weighted by Gasteiger charge is 2.33. The van der Waals surface area contributed by atoms with E-state index < -0.39 is 5.97 Å². The van der Waals surface area contributed by atoms with E-state index in [9.17, 15) is 9.59 Å². The van der Waals surface area contributed by atoms with Crippen molar-refractivity contribution in [3.63, 3.8) is 0 Å². The summed E-state index contributed by atoms with van der Waals surface area (Å²) in [5.41, 5.74) is 0. The molecule has 1 fully saturated rings. The third-order valence-electron chi connectivity index (χ3n) is 2.94. The third-order valence-corrected chi connectivity index (χ3v) is 2.94. The minimum absolute atomic E-state index is 0.119. The fourth-order valence-corrected chi connectivity index (χ4v) is 1.99. The van der Waals surface area contributed by atoms with Gasteiger partial charge in [-0.15, -0.1) is 0 Å². The van der Waals surface area contributed by atoms with Crippen LogP contribution in [-0.2, 0) is 9.59 Å². The van der Waals surface area contributed by atoms with E-state index >= 15 is 0 Å². The van der Waals surface area contributed by atoms with Crippen molar-refractivity contribution in [1.82, 2.24) is 5.32 Å². The lowest BCUT2D eigenvalue weighted by molar-refractivity contribution is -0.141. The van der Waals surface area contributed by atoms with Gasteiger partial charge in [0.1, 0.15) is 0 Å². The SMILES string of the molecule is CC(CC#N)NC(=O)C1CCC(C(=O)O)C1. The molecule has 3 unspecified atom stereocenters. The largest absolute Gasteiger partial charge is 0.481 e. The van der Waals surface area contributed by atoms with Crippen LogP contribution in [0.2, 0.25) is 0 Å². The minimum Gasteiger partial charge on any atom is -0.481 e. The molecule has 1 amide bonds. The molecule has 0 radical (unpaired) electrons. The molecule has 0 heterocycles. The second kappa shape index (κ2) is 5.50. The number of carboxylic acid groups (broad SMARTS) is 1. The van der Waals surface area contributed by atoms with E-state index in [0.29, 0.717) is 19.3 Å². The molecule has 1 aliphatic carbocycles. The van der Waals surface area contributed by atoms with Crippen molar-refractivity contribution in [1.29, 1.82) is 5.26 Å². The average molecular weight is 224 g/mol. The van der Waals surface area contributed by atoms with Gasteiger partial charge in [0, 0.05) is 12.0 Å². The summed E-state index contributed by atoms with van der Waals surface area (Å²) in [7, 11) is 0. The molecule has 3 atom stereocenters. The first-order chi connectivity index (χ1) is 7.54. The lowest BCUT2D eigenvalue weighted by Crippen LogP contribution is -2.36. The predicted octanol–water partition coefficient (Wildman–Crippen LogP) is 0.906. The van der Waals surface area contributed by atoms with E-state index in [1.807, 2.05) is 6.07 Å². The Morgan fingerprint density at radius 1 is 1.50 bits per heavy atom. The second-order valence-corrected chi connectivity index (χ2v) is 4.32. The Morgan fingerprint density at radius 2 is 2.12 bits per heavy atom. The van der Waals surface area contributed by atoms with Crippen molar-refractivity contribution in [2.75, 3.05) is 0 Å². The molecule has 1 aliphatic rings. The number of carbonyl (C=O) groups excluding carboxylic acids is 1. The van der Waals surface area contributed by atoms with Crippen molar-refractivity contribution in [2.24, 2.45) is 11.8 Å². The molecule has 88 valence electrons. The van der Waals surface area contributed by atoms with Crippen molar-refractivity contribution in [2.45, 2.75) is 38.6 Å². The summed E-state index contributed by atoms with van der Waals surface area (Å²) in [6.45, 7) is 1.77. The van der Waals surface area contributed by atoms with E-state index in [0.717, 1.165) is 0 Å². The molecule has 0 saturated heterocycles. The number of aliphatic carboxylic acids is 1. The summed E-state index contributed by atoms with van der Waals surface area (Å²) < 4.78 is 0. The quantitative estimate of drug-likeness (QED) is 0.742. The van der Waals surface area contributed by atoms with Crippen molar-refractivity contribution in [3.8, 4) is 6.07 Å². The van der Waals surface area contributed by atoms with Crippen LogP contribution >= 0.6 is 0 Å². The minimum atomic E-state index is -0.819. The molecule has 0 aromatic rings. The normalized spacial score (nSPS) is 25.8. The molecule has 1 rings (SSSR count). The Hall–Kier alpha value is -1.57. The third kappa shape index (κ3) is 3.23. The number of hydrogen-bond acceptors (Lipinski definition) is 3. The fraction of sp³-hybridized carbons (Fsp3) is 0.727. The predicted molar refractivity (Wildman–Crippen MR) is 56.3 cm³/mol. The van der Waals surface area contributed by atoms with Gasteiger partial charge in [0.05, 0.1) is 18.4 Å². The Bertz CT molecular complexity index is 322. The van der Waals surface area contributed by atoms with Crippen LogP contribution in [0.25, 0.3) is 0 Å². The van der Waals surface area contributed by atoms with Gasteiger partial charge in [0.2, 0.25) is 5.91 Å². The van der Waals surface area contributed by atoms with E-state index in [1.54, 1.807) is 6.92 Å². The number of rotatable bonds is 4. The second-order valence-electron chi connectivity index (χ2n) is 4.32. The summed E-state index contributed by atoms with van der Waals surface area (Å²) in [5.74, 6) is -1.53. The topological polar surface area (TPSA) is 90.2 Å². The maximum Gasteiger partial charge on any atom is 0.306 e. The molecule has 16 heavy (non-hydrogen) atoms. The highest BCUT2D eigenvalue weighted by molar-refractivity contribution is 5.81. The van der Waals surface area contributed by atoms with Crippen LogP contribution in [0.1, 0.15) is 32.6 Å². The van der Waals surface area contributed by atoms with Crippen LogP contribution < -0.4 is 5.32 Å². The van der Waals surface area contributed by atoms with Crippen LogP contribution in [0.3, 0.4) is 0 Å². The molecular weight excluding hydrogens is 208 g/mol. The first kappa shape index (κ1) is 12.5. The number of nitrogens with zero attached hydrogens (tertiary/aromatic N) is 1. The lowest BCUT2D eigenvalue weighted by Gasteiger charge is -2.14. The maximum absolute atomic E-state index is 11.7. The summed E-state index contributed by atoms with van der Waals surface area (Å²) in [4.78, 5) is 22.4.